The van der Waals surface area contributed by atoms with Gasteiger partial charge in [0.05, 0.1) is 0 Å². The molecule has 0 aromatic rings. The summed E-state index contributed by atoms with van der Waals surface area (Å²) in [4.78, 5) is 195. The number of primary amides is 2. The summed E-state index contributed by atoms with van der Waals surface area (Å²) >= 11 is 1.26. The van der Waals surface area contributed by atoms with Gasteiger partial charge in [-0.15, -0.1) is 0 Å². The van der Waals surface area contributed by atoms with Gasteiger partial charge in [0, 0.05) is 39.3 Å². The van der Waals surface area contributed by atoms with Gasteiger partial charge in [0.15, 0.2) is 0 Å². The van der Waals surface area contributed by atoms with Crippen LogP contribution in [0.5, 0.6) is 0 Å². The summed E-state index contributed by atoms with van der Waals surface area (Å²) in [6.45, 7) is 29.5. The summed E-state index contributed by atoms with van der Waals surface area (Å²) in [5, 5.41) is 24.4. The van der Waals surface area contributed by atoms with E-state index in [9.17, 15) is 67.1 Å². The second-order valence-corrected chi connectivity index (χ2v) is 29.2. The van der Waals surface area contributed by atoms with Crippen LogP contribution in [0.2, 0.25) is 0 Å². The number of alkyl carbamates (subject to hydrolysis) is 4. The number of rotatable bonds is 32. The third-order valence-electron chi connectivity index (χ3n) is 11.6. The second kappa shape index (κ2) is 40.9. The van der Waals surface area contributed by atoms with Crippen LogP contribution in [0.25, 0.3) is 0 Å². The van der Waals surface area contributed by atoms with Gasteiger partial charge >= 0.3 is 36.3 Å². The number of ether oxygens (including phenoxy) is 6. The zero-order chi connectivity index (χ0) is 75.0. The molecule has 0 rings (SSSR count). The molecule has 6 atom stereocenters. The number of nitrogens with zero attached hydrogens (tertiary/aromatic N) is 2. The SMILES string of the molecule is CSCCC(NC(=O)C(CCC(=O)OC(C)(C)C)NC(=O)C(CCC(=O)OC(C)(C)C)NC(C)=O)C(=O)NC(CCC(N)=O)C(=O)NC(CCCN=C(NC(=O)OC(C)(C)C)NC(=O)OC(C)(C)C)C(=O)NC(CCCN=C(NC(=O)OC(C)(C)C)NC(=O)OC(C)(C)C)C(N)=O. The van der Waals surface area contributed by atoms with Gasteiger partial charge in [-0.1, -0.05) is 0 Å². The quantitative estimate of drug-likeness (QED) is 0.0151. The lowest BCUT2D eigenvalue weighted by molar-refractivity contribution is -0.156. The highest BCUT2D eigenvalue weighted by molar-refractivity contribution is 7.98. The Bertz CT molecular complexity index is 2730. The largest absolute Gasteiger partial charge is 0.460 e. The number of hydrogen-bond acceptors (Lipinski definition) is 23. The first kappa shape index (κ1) is 88.5. The van der Waals surface area contributed by atoms with E-state index in [2.05, 4.69) is 63.2 Å². The van der Waals surface area contributed by atoms with Crippen LogP contribution in [0.15, 0.2) is 9.98 Å². The van der Waals surface area contributed by atoms with Crippen LogP contribution in [0, 0.1) is 0 Å². The van der Waals surface area contributed by atoms with E-state index < -0.39 is 185 Å². The monoisotopic (exact) mass is 1400 g/mol. The number of carbonyl (C=O) groups excluding carboxylic acids is 14. The molecule has 0 aliphatic heterocycles. The van der Waals surface area contributed by atoms with Gasteiger partial charge in [-0.2, -0.15) is 11.8 Å². The van der Waals surface area contributed by atoms with Crippen LogP contribution in [0.3, 0.4) is 0 Å². The van der Waals surface area contributed by atoms with Crippen molar-refractivity contribution in [2.24, 2.45) is 21.5 Å². The van der Waals surface area contributed by atoms with Crippen molar-refractivity contribution in [3.8, 4) is 0 Å². The van der Waals surface area contributed by atoms with E-state index in [1.54, 1.807) is 131 Å². The lowest BCUT2D eigenvalue weighted by atomic mass is 10.0. The molecule has 0 saturated carbocycles. The molecule has 0 radical (unpaired) electrons. The Kier molecular flexibility index (Phi) is 37.3. The van der Waals surface area contributed by atoms with Gasteiger partial charge in [0.2, 0.25) is 59.2 Å². The van der Waals surface area contributed by atoms with Crippen LogP contribution >= 0.6 is 11.8 Å². The van der Waals surface area contributed by atoms with Crippen molar-refractivity contribution in [2.75, 3.05) is 25.1 Å². The molecule has 6 unspecified atom stereocenters. The molecule has 97 heavy (non-hydrogen) atoms. The molecule has 0 heterocycles. The van der Waals surface area contributed by atoms with Crippen molar-refractivity contribution in [1.82, 2.24) is 53.2 Å². The molecule has 0 aliphatic rings. The molecular weight excluding hydrogens is 1290 g/mol. The van der Waals surface area contributed by atoms with E-state index in [-0.39, 0.29) is 69.7 Å². The normalized spacial score (nSPS) is 13.6. The molecule has 0 aromatic carbocycles. The predicted octanol–water partition coefficient (Wildman–Crippen LogP) is 3.03. The average Bonchev–Trinajstić information content (AvgIpc) is 0.877. The standard InChI is InChI=1S/C62H108N14O20S/c1-35(77)67-38(26-29-43(79)91-57(2,3)4)47(83)71-40(27-30-44(80)92-58(5,6)7)49(85)72-41(31-34-97-20)50(86)70-39(25-28-42(63)78)48(84)69-37(24-22-33-66-52(75-55(89)95-61(14,15)16)76-56(90)96-62(17,18)19)46(82)68-36(45(64)81)23-21-32-65-51(73-53(87)93-59(8,9)10)74-54(88)94-60(11,12)13/h36-41H,21-34H2,1-20H3,(H2,63,78)(H2,64,81)(H,67,77)(H,68,82)(H,69,84)(H,70,86)(H,71,83)(H,72,85)(H2,65,73,74,87,88)(H2,66,75,76,89,90). The molecule has 0 fully saturated rings. The van der Waals surface area contributed by atoms with Crippen molar-refractivity contribution >= 4 is 107 Å². The Morgan fingerprint density at radius 3 is 0.887 bits per heavy atom. The third-order valence-corrected chi connectivity index (χ3v) is 12.3. The van der Waals surface area contributed by atoms with Crippen LogP contribution in [-0.2, 0) is 76.4 Å². The summed E-state index contributed by atoms with van der Waals surface area (Å²) < 4.78 is 32.0. The van der Waals surface area contributed by atoms with Crippen molar-refractivity contribution < 1.29 is 95.5 Å². The predicted molar refractivity (Wildman–Crippen MR) is 359 cm³/mol. The minimum Gasteiger partial charge on any atom is -0.460 e. The van der Waals surface area contributed by atoms with Crippen molar-refractivity contribution in [3.63, 3.8) is 0 Å². The fraction of sp³-hybridized carbons (Fsp3) is 0.742. The molecule has 35 heteroatoms. The molecule has 0 aliphatic carbocycles. The molecule has 0 saturated heterocycles. The van der Waals surface area contributed by atoms with Crippen LogP contribution in [0.4, 0.5) is 19.2 Å². The second-order valence-electron chi connectivity index (χ2n) is 28.3. The molecule has 0 bridgehead atoms. The Hall–Kier alpha value is -8.53. The fourth-order valence-corrected chi connectivity index (χ4v) is 8.33. The smallest absolute Gasteiger partial charge is 0.414 e. The van der Waals surface area contributed by atoms with Crippen LogP contribution < -0.4 is 64.6 Å². The number of nitrogens with two attached hydrogens (primary N) is 2. The maximum atomic E-state index is 14.6. The maximum Gasteiger partial charge on any atom is 0.414 e. The minimum absolute atomic E-state index is 0.0486. The van der Waals surface area contributed by atoms with Gasteiger partial charge in [-0.3, -0.25) is 79.2 Å². The Balaban J connectivity index is 7.61. The Labute approximate surface area is 572 Å². The van der Waals surface area contributed by atoms with E-state index >= 15 is 0 Å². The van der Waals surface area contributed by atoms with Crippen LogP contribution in [-0.4, -0.2) is 190 Å². The van der Waals surface area contributed by atoms with E-state index in [1.165, 1.54) is 11.8 Å². The average molecular weight is 1400 g/mol. The Morgan fingerprint density at radius 2 is 0.619 bits per heavy atom. The molecular formula is C62H108N14O20S. The maximum absolute atomic E-state index is 14.6. The number of esters is 2. The zero-order valence-corrected chi connectivity index (χ0v) is 60.8. The summed E-state index contributed by atoms with van der Waals surface area (Å²) in [5.41, 5.74) is 5.62. The lowest BCUT2D eigenvalue weighted by Gasteiger charge is -2.28. The highest BCUT2D eigenvalue weighted by Gasteiger charge is 2.35. The van der Waals surface area contributed by atoms with Crippen molar-refractivity contribution in [3.05, 3.63) is 0 Å². The number of thioether (sulfide) groups is 1. The molecule has 34 nitrogen and oxygen atoms in total. The number of aliphatic imine (C=N–C) groups is 2. The number of carbonyl (C=O) groups is 14. The van der Waals surface area contributed by atoms with Gasteiger partial charge in [-0.25, -0.2) is 19.2 Å². The third kappa shape index (κ3) is 45.5. The number of amides is 12. The van der Waals surface area contributed by atoms with Gasteiger partial charge in [-0.05, 0) is 188 Å². The van der Waals surface area contributed by atoms with E-state index in [0.717, 1.165) is 6.92 Å². The molecule has 14 N–H and O–H groups in total. The summed E-state index contributed by atoms with van der Waals surface area (Å²) in [6, 6.07) is -9.36. The topological polar surface area (TPSA) is 491 Å². The molecule has 12 amide bonds. The number of hydrogen-bond donors (Lipinski definition) is 12. The number of nitrogens with one attached hydrogen (secondary N) is 10. The van der Waals surface area contributed by atoms with Gasteiger partial charge in [0.25, 0.3) is 0 Å². The van der Waals surface area contributed by atoms with E-state index in [1.807, 2.05) is 0 Å². The summed E-state index contributed by atoms with van der Waals surface area (Å²) in [5.74, 6) is -9.81. The first-order chi connectivity index (χ1) is 44.2. The number of guanidine groups is 2. The van der Waals surface area contributed by atoms with E-state index in [0.29, 0.717) is 0 Å². The summed E-state index contributed by atoms with van der Waals surface area (Å²) in [6.07, 6.45) is -5.68. The van der Waals surface area contributed by atoms with Crippen molar-refractivity contribution in [2.45, 2.75) is 272 Å². The summed E-state index contributed by atoms with van der Waals surface area (Å²) in [7, 11) is 0. The first-order valence-electron chi connectivity index (χ1n) is 31.6. The molecule has 552 valence electrons. The van der Waals surface area contributed by atoms with E-state index in [4.69, 9.17) is 39.9 Å². The van der Waals surface area contributed by atoms with Crippen molar-refractivity contribution in [1.29, 1.82) is 0 Å². The first-order valence-corrected chi connectivity index (χ1v) is 33.0. The molecule has 0 aromatic heterocycles. The highest BCUT2D eigenvalue weighted by atomic mass is 32.2. The zero-order valence-electron chi connectivity index (χ0n) is 60.0. The van der Waals surface area contributed by atoms with Gasteiger partial charge in [0.1, 0.15) is 69.9 Å². The van der Waals surface area contributed by atoms with Crippen LogP contribution in [0.1, 0.15) is 202 Å². The van der Waals surface area contributed by atoms with Gasteiger partial charge < -0.3 is 71.8 Å². The Morgan fingerprint density at radius 1 is 0.361 bits per heavy atom. The lowest BCUT2D eigenvalue weighted by Crippen LogP contribution is -2.59. The minimum atomic E-state index is -1.71. The highest BCUT2D eigenvalue weighted by Crippen LogP contribution is 2.16. The fourth-order valence-electron chi connectivity index (χ4n) is 7.86. The molecule has 0 spiro atoms.